The summed E-state index contributed by atoms with van der Waals surface area (Å²) in [4.78, 5) is 23.5. The fraction of sp³-hybridized carbons (Fsp3) is 0.820. The Morgan fingerprint density at radius 1 is 0.554 bits per heavy atom. The number of amides is 1. The molecule has 0 aromatic carbocycles. The first kappa shape index (κ1) is 52.3. The zero-order chi connectivity index (χ0) is 40.7. The molecule has 56 heavy (non-hydrogen) atoms. The first-order valence-corrected chi connectivity index (χ1v) is 24.0. The van der Waals surface area contributed by atoms with Crippen molar-refractivity contribution in [3.05, 3.63) is 48.6 Å². The molecule has 1 unspecified atom stereocenters. The number of piperazine rings is 1. The number of carbonyl (C=O) groups excluding carboxylic acids is 1. The second-order valence-electron chi connectivity index (χ2n) is 17.4. The molecule has 0 radical (unpaired) electrons. The van der Waals surface area contributed by atoms with Crippen LogP contribution in [0.15, 0.2) is 48.6 Å². The van der Waals surface area contributed by atoms with Gasteiger partial charge in [0.2, 0.25) is 5.91 Å². The number of nitrogens with zero attached hydrogens (tertiary/aromatic N) is 4. The monoisotopic (exact) mass is 782 g/mol. The van der Waals surface area contributed by atoms with E-state index in [-0.39, 0.29) is 11.9 Å². The highest BCUT2D eigenvalue weighted by molar-refractivity contribution is 5.82. The summed E-state index contributed by atoms with van der Waals surface area (Å²) in [5.74, 6) is 0.267. The molecule has 0 aliphatic carbocycles. The van der Waals surface area contributed by atoms with Crippen molar-refractivity contribution in [2.75, 3.05) is 74.0 Å². The van der Waals surface area contributed by atoms with Crippen molar-refractivity contribution >= 4 is 5.91 Å². The summed E-state index contributed by atoms with van der Waals surface area (Å²) in [6, 6.07) is 0.243. The molecule has 1 amide bonds. The van der Waals surface area contributed by atoms with Gasteiger partial charge >= 0.3 is 0 Å². The van der Waals surface area contributed by atoms with E-state index in [4.69, 9.17) is 0 Å². The third-order valence-electron chi connectivity index (χ3n) is 11.4. The van der Waals surface area contributed by atoms with Gasteiger partial charge in [0.05, 0.1) is 0 Å². The minimum atomic E-state index is -0.0555. The maximum absolute atomic E-state index is 14.1. The number of unbranched alkanes of at least 4 members (excludes halogenated alkanes) is 18. The Balaban J connectivity index is 2.52. The SMILES string of the molecule is CCCCCC=CCC=CCCCCCCCCC(CCCCCCCCC=CCC=CCCCCC)NC(=O)C1CN(CCN(C)C)CCN1CCN(C)C. The van der Waals surface area contributed by atoms with Gasteiger partial charge in [0, 0.05) is 51.9 Å². The minimum Gasteiger partial charge on any atom is -0.352 e. The van der Waals surface area contributed by atoms with Gasteiger partial charge in [0.25, 0.3) is 0 Å². The van der Waals surface area contributed by atoms with Gasteiger partial charge in [-0.2, -0.15) is 0 Å². The van der Waals surface area contributed by atoms with Crippen LogP contribution in [-0.2, 0) is 4.79 Å². The van der Waals surface area contributed by atoms with Crippen LogP contribution in [0.1, 0.15) is 181 Å². The number of hydrogen-bond acceptors (Lipinski definition) is 5. The Bertz CT molecular complexity index is 940. The lowest BCUT2D eigenvalue weighted by atomic mass is 9.99. The van der Waals surface area contributed by atoms with Gasteiger partial charge < -0.3 is 15.1 Å². The lowest BCUT2D eigenvalue weighted by molar-refractivity contribution is -0.129. The van der Waals surface area contributed by atoms with E-state index < -0.39 is 0 Å². The first-order chi connectivity index (χ1) is 27.4. The third-order valence-corrected chi connectivity index (χ3v) is 11.4. The van der Waals surface area contributed by atoms with Crippen LogP contribution < -0.4 is 5.32 Å². The van der Waals surface area contributed by atoms with E-state index in [9.17, 15) is 4.79 Å². The molecule has 1 atom stereocenters. The lowest BCUT2D eigenvalue weighted by Gasteiger charge is -2.41. The molecule has 1 N–H and O–H groups in total. The van der Waals surface area contributed by atoms with E-state index >= 15 is 0 Å². The van der Waals surface area contributed by atoms with Gasteiger partial charge in [0.1, 0.15) is 6.04 Å². The highest BCUT2D eigenvalue weighted by Gasteiger charge is 2.33. The summed E-state index contributed by atoms with van der Waals surface area (Å²) in [5, 5.41) is 3.64. The highest BCUT2D eigenvalue weighted by Crippen LogP contribution is 2.17. The van der Waals surface area contributed by atoms with Gasteiger partial charge in [0.15, 0.2) is 0 Å². The summed E-state index contributed by atoms with van der Waals surface area (Å²) in [7, 11) is 8.56. The summed E-state index contributed by atoms with van der Waals surface area (Å²) >= 11 is 0. The molecule has 1 rings (SSSR count). The van der Waals surface area contributed by atoms with E-state index in [1.54, 1.807) is 0 Å². The van der Waals surface area contributed by atoms with Crippen molar-refractivity contribution in [2.24, 2.45) is 0 Å². The van der Waals surface area contributed by atoms with Crippen molar-refractivity contribution in [1.29, 1.82) is 0 Å². The predicted octanol–water partition coefficient (Wildman–Crippen LogP) is 12.0. The fourth-order valence-electron chi connectivity index (χ4n) is 7.61. The summed E-state index contributed by atoms with van der Waals surface area (Å²) in [6.07, 6.45) is 51.7. The second kappa shape index (κ2) is 38.8. The fourth-order valence-corrected chi connectivity index (χ4v) is 7.61. The molecule has 326 valence electrons. The molecule has 0 aromatic rings. The van der Waals surface area contributed by atoms with Crippen LogP contribution >= 0.6 is 0 Å². The molecule has 6 heteroatoms. The number of carbonyl (C=O) groups is 1. The largest absolute Gasteiger partial charge is 0.352 e. The second-order valence-corrected chi connectivity index (χ2v) is 17.4. The van der Waals surface area contributed by atoms with Crippen molar-refractivity contribution in [3.8, 4) is 0 Å². The number of likely N-dealkylation sites (N-methyl/N-ethyl adjacent to an activating group) is 2. The van der Waals surface area contributed by atoms with Crippen LogP contribution in [0, 0.1) is 0 Å². The summed E-state index contributed by atoms with van der Waals surface area (Å²) in [5.41, 5.74) is 0. The van der Waals surface area contributed by atoms with Crippen LogP contribution in [0.5, 0.6) is 0 Å². The van der Waals surface area contributed by atoms with Crippen molar-refractivity contribution in [1.82, 2.24) is 24.9 Å². The van der Waals surface area contributed by atoms with E-state index in [1.165, 1.54) is 141 Å². The average Bonchev–Trinajstić information content (AvgIpc) is 3.18. The molecule has 0 bridgehead atoms. The Labute approximate surface area is 350 Å². The normalized spacial score (nSPS) is 16.6. The standard InChI is InChI=1S/C50H95N5O/c1-7-9-11-13-15-17-19-21-23-25-27-29-31-33-35-37-39-48(40-38-36-34-32-30-28-26-24-22-20-18-16-14-12-10-8-2)51-50(56)49-47-54(43-41-52(3)4)44-46-55(49)45-42-53(5)6/h15-18,21-24,48-49H,7-14,19-20,25-47H2,1-6H3,(H,51,56). The first-order valence-electron chi connectivity index (χ1n) is 24.0. The van der Waals surface area contributed by atoms with Crippen LogP contribution in [-0.4, -0.2) is 112 Å². The average molecular weight is 782 g/mol. The molecule has 1 aliphatic heterocycles. The molecule has 0 aromatic heterocycles. The summed E-state index contributed by atoms with van der Waals surface area (Å²) in [6.45, 7) is 11.4. The molecule has 1 fully saturated rings. The van der Waals surface area contributed by atoms with Crippen LogP contribution in [0.3, 0.4) is 0 Å². The Morgan fingerprint density at radius 2 is 0.964 bits per heavy atom. The van der Waals surface area contributed by atoms with Gasteiger partial charge in [-0.05, 0) is 105 Å². The van der Waals surface area contributed by atoms with Crippen LogP contribution in [0.2, 0.25) is 0 Å². The molecule has 0 saturated carbocycles. The Morgan fingerprint density at radius 3 is 1.41 bits per heavy atom. The molecule has 6 nitrogen and oxygen atoms in total. The Kier molecular flexibility index (Phi) is 36.2. The molecule has 1 saturated heterocycles. The van der Waals surface area contributed by atoms with Crippen LogP contribution in [0.25, 0.3) is 0 Å². The quantitative estimate of drug-likeness (QED) is 0.0499. The van der Waals surface area contributed by atoms with Crippen molar-refractivity contribution in [2.45, 2.75) is 193 Å². The van der Waals surface area contributed by atoms with Gasteiger partial charge in [-0.3, -0.25) is 14.6 Å². The number of nitrogens with one attached hydrogen (secondary N) is 1. The molecular formula is C50H95N5O. The van der Waals surface area contributed by atoms with Crippen molar-refractivity contribution < 1.29 is 4.79 Å². The maximum atomic E-state index is 14.1. The number of hydrogen-bond donors (Lipinski definition) is 1. The maximum Gasteiger partial charge on any atom is 0.238 e. The highest BCUT2D eigenvalue weighted by atomic mass is 16.2. The summed E-state index contributed by atoms with van der Waals surface area (Å²) < 4.78 is 0. The van der Waals surface area contributed by atoms with E-state index in [2.05, 4.69) is 116 Å². The van der Waals surface area contributed by atoms with Crippen LogP contribution in [0.4, 0.5) is 0 Å². The van der Waals surface area contributed by atoms with Gasteiger partial charge in [-0.25, -0.2) is 0 Å². The molecule has 1 aliphatic rings. The zero-order valence-electron chi connectivity index (χ0n) is 38.3. The van der Waals surface area contributed by atoms with Crippen molar-refractivity contribution in [3.63, 3.8) is 0 Å². The number of rotatable bonds is 38. The molecule has 1 heterocycles. The smallest absolute Gasteiger partial charge is 0.238 e. The van der Waals surface area contributed by atoms with Gasteiger partial charge in [-0.15, -0.1) is 0 Å². The minimum absolute atomic E-state index is 0.0555. The van der Waals surface area contributed by atoms with E-state index in [1.807, 2.05) is 0 Å². The van der Waals surface area contributed by atoms with E-state index in [0.29, 0.717) is 6.04 Å². The topological polar surface area (TPSA) is 42.1 Å². The lowest BCUT2D eigenvalue weighted by Crippen LogP contribution is -2.61. The number of allylic oxidation sites excluding steroid dienone is 8. The Hall–Kier alpha value is -1.73. The van der Waals surface area contributed by atoms with Gasteiger partial charge in [-0.1, -0.05) is 152 Å². The zero-order valence-corrected chi connectivity index (χ0v) is 38.3. The van der Waals surface area contributed by atoms with E-state index in [0.717, 1.165) is 71.5 Å². The third kappa shape index (κ3) is 32.3. The molecular weight excluding hydrogens is 687 g/mol. The molecule has 0 spiro atoms. The predicted molar refractivity (Wildman–Crippen MR) is 249 cm³/mol.